The summed E-state index contributed by atoms with van der Waals surface area (Å²) < 4.78 is 7.98. The van der Waals surface area contributed by atoms with Gasteiger partial charge in [-0.25, -0.2) is 0 Å². The van der Waals surface area contributed by atoms with Crippen molar-refractivity contribution in [2.24, 2.45) is 0 Å². The van der Waals surface area contributed by atoms with Gasteiger partial charge in [-0.2, -0.15) is 0 Å². The minimum absolute atomic E-state index is 0.176. The first kappa shape index (κ1) is 16.8. The molecule has 2 aromatic carbocycles. The summed E-state index contributed by atoms with van der Waals surface area (Å²) in [4.78, 5) is 0. The molecule has 0 radical (unpaired) electrons. The Kier molecular flexibility index (Phi) is 6.51. The zero-order valence-electron chi connectivity index (χ0n) is 12.2. The van der Waals surface area contributed by atoms with Crippen molar-refractivity contribution in [2.45, 2.75) is 19.4 Å². The first-order valence-corrected chi connectivity index (χ1v) is 8.88. The van der Waals surface area contributed by atoms with Crippen molar-refractivity contribution in [3.63, 3.8) is 0 Å². The Labute approximate surface area is 148 Å². The van der Waals surface area contributed by atoms with Crippen LogP contribution in [0.4, 0.5) is 0 Å². The van der Waals surface area contributed by atoms with Gasteiger partial charge in [0.05, 0.1) is 17.1 Å². The molecule has 1 unspecified atom stereocenters. The summed E-state index contributed by atoms with van der Waals surface area (Å²) in [5, 5.41) is 3.40. The van der Waals surface area contributed by atoms with Crippen LogP contribution in [0.15, 0.2) is 46.9 Å². The summed E-state index contributed by atoms with van der Waals surface area (Å²) in [6, 6.07) is 14.9. The molecule has 4 heteroatoms. The van der Waals surface area contributed by atoms with Crippen molar-refractivity contribution < 1.29 is 4.74 Å². The van der Waals surface area contributed by atoms with Gasteiger partial charge in [0.2, 0.25) is 0 Å². The number of benzene rings is 2. The highest BCUT2D eigenvalue weighted by atomic mass is 127. The highest BCUT2D eigenvalue weighted by Gasteiger charge is 2.15. The summed E-state index contributed by atoms with van der Waals surface area (Å²) in [5.74, 6) is 0.901. The molecule has 0 aliphatic carbocycles. The summed E-state index contributed by atoms with van der Waals surface area (Å²) in [7, 11) is 1.99. The average Bonchev–Trinajstić information content (AvgIpc) is 2.49. The topological polar surface area (TPSA) is 21.3 Å². The molecule has 0 aliphatic rings. The van der Waals surface area contributed by atoms with E-state index in [1.54, 1.807) is 0 Å². The molecule has 0 heterocycles. The third-order valence-corrected chi connectivity index (χ3v) is 4.86. The van der Waals surface area contributed by atoms with Gasteiger partial charge < -0.3 is 10.1 Å². The molecule has 0 aromatic heterocycles. The molecule has 0 aliphatic heterocycles. The molecule has 2 aromatic rings. The van der Waals surface area contributed by atoms with Crippen LogP contribution in [-0.4, -0.2) is 13.7 Å². The molecule has 0 bridgehead atoms. The first-order valence-electron chi connectivity index (χ1n) is 7.01. The lowest BCUT2D eigenvalue weighted by molar-refractivity contribution is 0.315. The maximum Gasteiger partial charge on any atom is 0.133 e. The molecular weight excluding hydrogens is 441 g/mol. The van der Waals surface area contributed by atoms with Crippen LogP contribution >= 0.6 is 38.5 Å². The van der Waals surface area contributed by atoms with Crippen molar-refractivity contribution in [2.75, 3.05) is 13.7 Å². The van der Waals surface area contributed by atoms with Crippen LogP contribution in [0.3, 0.4) is 0 Å². The van der Waals surface area contributed by atoms with Gasteiger partial charge in [0.25, 0.3) is 0 Å². The van der Waals surface area contributed by atoms with E-state index in [1.165, 1.54) is 14.7 Å². The second kappa shape index (κ2) is 8.15. The molecule has 21 heavy (non-hydrogen) atoms. The summed E-state index contributed by atoms with van der Waals surface area (Å²) >= 11 is 5.99. The normalized spacial score (nSPS) is 12.2. The highest BCUT2D eigenvalue weighted by Crippen LogP contribution is 2.32. The van der Waals surface area contributed by atoms with E-state index >= 15 is 0 Å². The van der Waals surface area contributed by atoms with Crippen LogP contribution in [0.1, 0.15) is 30.5 Å². The smallest absolute Gasteiger partial charge is 0.133 e. The molecule has 0 amide bonds. The summed E-state index contributed by atoms with van der Waals surface area (Å²) in [6.07, 6.45) is 1.01. The number of hydrogen-bond donors (Lipinski definition) is 1. The van der Waals surface area contributed by atoms with Crippen LogP contribution in [-0.2, 0) is 0 Å². The maximum absolute atomic E-state index is 5.71. The van der Waals surface area contributed by atoms with E-state index in [4.69, 9.17) is 4.74 Å². The Bertz CT molecular complexity index is 603. The van der Waals surface area contributed by atoms with E-state index in [1.807, 2.05) is 13.1 Å². The third-order valence-electron chi connectivity index (χ3n) is 3.26. The molecular formula is C17H19BrINO. The summed E-state index contributed by atoms with van der Waals surface area (Å²) in [5.41, 5.74) is 2.51. The Balaban J connectivity index is 2.31. The van der Waals surface area contributed by atoms with E-state index in [0.29, 0.717) is 0 Å². The molecule has 0 saturated heterocycles. The van der Waals surface area contributed by atoms with Gasteiger partial charge in [0, 0.05) is 3.57 Å². The Morgan fingerprint density at radius 2 is 2.00 bits per heavy atom. The highest BCUT2D eigenvalue weighted by molar-refractivity contribution is 14.1. The quantitative estimate of drug-likeness (QED) is 0.603. The van der Waals surface area contributed by atoms with Gasteiger partial charge in [0.1, 0.15) is 5.75 Å². The first-order chi connectivity index (χ1) is 10.2. The van der Waals surface area contributed by atoms with E-state index in [-0.39, 0.29) is 6.04 Å². The molecule has 1 atom stereocenters. The fraction of sp³-hybridized carbons (Fsp3) is 0.294. The second-order valence-electron chi connectivity index (χ2n) is 4.78. The molecule has 2 nitrogen and oxygen atoms in total. The Hall–Kier alpha value is -0.590. The van der Waals surface area contributed by atoms with E-state index in [9.17, 15) is 0 Å². The van der Waals surface area contributed by atoms with Crippen molar-refractivity contribution in [3.8, 4) is 5.75 Å². The average molecular weight is 460 g/mol. The summed E-state index contributed by atoms with van der Waals surface area (Å²) in [6.45, 7) is 2.85. The number of nitrogens with one attached hydrogen (secondary N) is 1. The minimum atomic E-state index is 0.176. The number of ether oxygens (including phenoxy) is 1. The molecule has 112 valence electrons. The van der Waals surface area contributed by atoms with Crippen LogP contribution in [0.2, 0.25) is 0 Å². The molecule has 0 saturated carbocycles. The van der Waals surface area contributed by atoms with Crippen molar-refractivity contribution in [1.29, 1.82) is 0 Å². The SMILES string of the molecule is CCCOc1ccc(C(NC)c2ccccc2I)cc1Br. The lowest BCUT2D eigenvalue weighted by Crippen LogP contribution is -2.18. The molecule has 1 N–H and O–H groups in total. The molecule has 0 fully saturated rings. The van der Waals surface area contributed by atoms with Crippen LogP contribution in [0.5, 0.6) is 5.75 Å². The fourth-order valence-corrected chi connectivity index (χ4v) is 3.45. The van der Waals surface area contributed by atoms with Crippen LogP contribution in [0, 0.1) is 3.57 Å². The monoisotopic (exact) mass is 459 g/mol. The lowest BCUT2D eigenvalue weighted by Gasteiger charge is -2.20. The third kappa shape index (κ3) is 4.20. The largest absolute Gasteiger partial charge is 0.492 e. The number of hydrogen-bond acceptors (Lipinski definition) is 2. The number of halogens is 2. The van der Waals surface area contributed by atoms with E-state index in [0.717, 1.165) is 23.2 Å². The minimum Gasteiger partial charge on any atom is -0.492 e. The Morgan fingerprint density at radius 1 is 1.24 bits per heavy atom. The van der Waals surface area contributed by atoms with Gasteiger partial charge in [-0.15, -0.1) is 0 Å². The van der Waals surface area contributed by atoms with E-state index < -0.39 is 0 Å². The number of rotatable bonds is 6. The van der Waals surface area contributed by atoms with Crippen molar-refractivity contribution >= 4 is 38.5 Å². The molecule has 0 spiro atoms. The van der Waals surface area contributed by atoms with Gasteiger partial charge in [-0.3, -0.25) is 0 Å². The fourth-order valence-electron chi connectivity index (χ4n) is 2.24. The molecule has 2 rings (SSSR count). The van der Waals surface area contributed by atoms with Gasteiger partial charge in [-0.05, 0) is 81.3 Å². The second-order valence-corrected chi connectivity index (χ2v) is 6.80. The Morgan fingerprint density at radius 3 is 2.62 bits per heavy atom. The zero-order chi connectivity index (χ0) is 15.2. The van der Waals surface area contributed by atoms with Gasteiger partial charge in [0.15, 0.2) is 0 Å². The van der Waals surface area contributed by atoms with Crippen LogP contribution < -0.4 is 10.1 Å². The lowest BCUT2D eigenvalue weighted by atomic mass is 9.99. The maximum atomic E-state index is 5.71. The zero-order valence-corrected chi connectivity index (χ0v) is 15.9. The van der Waals surface area contributed by atoms with Crippen LogP contribution in [0.25, 0.3) is 0 Å². The van der Waals surface area contributed by atoms with Crippen molar-refractivity contribution in [1.82, 2.24) is 5.32 Å². The predicted octanol–water partition coefficient (Wildman–Crippen LogP) is 5.15. The van der Waals surface area contributed by atoms with Gasteiger partial charge in [-0.1, -0.05) is 31.2 Å². The standard InChI is InChI=1S/C17H19BrINO/c1-3-10-21-16-9-8-12(11-14(16)18)17(20-2)13-6-4-5-7-15(13)19/h4-9,11,17,20H,3,10H2,1-2H3. The van der Waals surface area contributed by atoms with E-state index in [2.05, 4.69) is 87.2 Å². The van der Waals surface area contributed by atoms with Gasteiger partial charge >= 0.3 is 0 Å². The predicted molar refractivity (Wildman–Crippen MR) is 100.0 cm³/mol. The van der Waals surface area contributed by atoms with Crippen molar-refractivity contribution in [3.05, 3.63) is 61.6 Å².